The average molecular weight is 275 g/mol. The van der Waals surface area contributed by atoms with Crippen LogP contribution in [0.1, 0.15) is 64.1 Å². The van der Waals surface area contributed by atoms with E-state index in [1.54, 1.807) is 6.26 Å². The van der Waals surface area contributed by atoms with Crippen molar-refractivity contribution in [1.29, 1.82) is 0 Å². The van der Waals surface area contributed by atoms with Crippen LogP contribution in [-0.4, -0.2) is 4.98 Å². The molecule has 0 aliphatic heterocycles. The van der Waals surface area contributed by atoms with Crippen LogP contribution >= 0.6 is 0 Å². The van der Waals surface area contributed by atoms with Crippen molar-refractivity contribution in [3.63, 3.8) is 0 Å². The van der Waals surface area contributed by atoms with Crippen molar-refractivity contribution in [2.45, 2.75) is 65.2 Å². The molecule has 0 fully saturated rings. The van der Waals surface area contributed by atoms with E-state index in [1.165, 1.54) is 0 Å². The summed E-state index contributed by atoms with van der Waals surface area (Å²) in [5, 5.41) is 0. The van der Waals surface area contributed by atoms with Crippen LogP contribution in [0.25, 0.3) is 0 Å². The van der Waals surface area contributed by atoms with Gasteiger partial charge in [-0.3, -0.25) is 0 Å². The van der Waals surface area contributed by atoms with Crippen molar-refractivity contribution in [2.75, 3.05) is 0 Å². The standard InChI is InChI=1S/C17H25NO2/c1-12-18-14(11-19-12)17(5,6)10-9-13-7-8-15(20-13)16(2,3)4/h7-8,11H,9-10H2,1-6H3. The number of aryl methyl sites for hydroxylation is 2. The SMILES string of the molecule is Cc1nc(C(C)(C)CCc2ccc(C(C)(C)C)o2)co1. The van der Waals surface area contributed by atoms with E-state index in [4.69, 9.17) is 8.83 Å². The second kappa shape index (κ2) is 5.12. The Labute approximate surface area is 121 Å². The molecule has 0 saturated heterocycles. The number of oxazole rings is 1. The molecule has 0 aliphatic rings. The zero-order valence-corrected chi connectivity index (χ0v) is 13.4. The molecule has 20 heavy (non-hydrogen) atoms. The zero-order chi connectivity index (χ0) is 15.0. The Morgan fingerprint density at radius 2 is 1.80 bits per heavy atom. The summed E-state index contributed by atoms with van der Waals surface area (Å²) in [6.07, 6.45) is 3.66. The molecule has 3 nitrogen and oxygen atoms in total. The molecular formula is C17H25NO2. The Hall–Kier alpha value is -1.51. The van der Waals surface area contributed by atoms with Crippen LogP contribution in [-0.2, 0) is 17.3 Å². The van der Waals surface area contributed by atoms with Gasteiger partial charge in [0, 0.05) is 24.2 Å². The molecule has 0 aliphatic carbocycles. The fourth-order valence-corrected chi connectivity index (χ4v) is 2.15. The van der Waals surface area contributed by atoms with Crippen molar-refractivity contribution in [3.8, 4) is 0 Å². The molecule has 0 aromatic carbocycles. The zero-order valence-electron chi connectivity index (χ0n) is 13.4. The topological polar surface area (TPSA) is 39.2 Å². The molecule has 2 aromatic heterocycles. The van der Waals surface area contributed by atoms with Gasteiger partial charge in [0.15, 0.2) is 5.89 Å². The highest BCUT2D eigenvalue weighted by molar-refractivity contribution is 5.16. The van der Waals surface area contributed by atoms with Gasteiger partial charge in [0.25, 0.3) is 0 Å². The number of nitrogens with zero attached hydrogens (tertiary/aromatic N) is 1. The van der Waals surface area contributed by atoms with E-state index in [0.717, 1.165) is 35.9 Å². The maximum atomic E-state index is 5.94. The maximum absolute atomic E-state index is 5.94. The van der Waals surface area contributed by atoms with Gasteiger partial charge in [0.2, 0.25) is 0 Å². The molecule has 0 radical (unpaired) electrons. The lowest BCUT2D eigenvalue weighted by molar-refractivity contribution is 0.369. The summed E-state index contributed by atoms with van der Waals surface area (Å²) in [7, 11) is 0. The second-order valence-electron chi connectivity index (χ2n) is 7.15. The third-order valence-corrected chi connectivity index (χ3v) is 3.71. The van der Waals surface area contributed by atoms with Crippen LogP contribution < -0.4 is 0 Å². The van der Waals surface area contributed by atoms with E-state index < -0.39 is 0 Å². The van der Waals surface area contributed by atoms with E-state index >= 15 is 0 Å². The second-order valence-corrected chi connectivity index (χ2v) is 7.15. The third-order valence-electron chi connectivity index (χ3n) is 3.71. The van der Waals surface area contributed by atoms with Gasteiger partial charge in [-0.15, -0.1) is 0 Å². The maximum Gasteiger partial charge on any atom is 0.191 e. The largest absolute Gasteiger partial charge is 0.466 e. The van der Waals surface area contributed by atoms with Gasteiger partial charge in [-0.2, -0.15) is 0 Å². The molecule has 110 valence electrons. The molecule has 0 N–H and O–H groups in total. The summed E-state index contributed by atoms with van der Waals surface area (Å²) in [6, 6.07) is 4.17. The molecule has 2 heterocycles. The molecule has 0 amide bonds. The molecule has 0 atom stereocenters. The van der Waals surface area contributed by atoms with Gasteiger partial charge >= 0.3 is 0 Å². The highest BCUT2D eigenvalue weighted by atomic mass is 16.3. The average Bonchev–Trinajstić information content (AvgIpc) is 2.94. The number of hydrogen-bond donors (Lipinski definition) is 0. The van der Waals surface area contributed by atoms with E-state index in [1.807, 2.05) is 6.92 Å². The van der Waals surface area contributed by atoms with E-state index in [2.05, 4.69) is 51.7 Å². The van der Waals surface area contributed by atoms with Crippen LogP contribution in [0.2, 0.25) is 0 Å². The first-order valence-electron chi connectivity index (χ1n) is 7.20. The normalized spacial score (nSPS) is 12.9. The fraction of sp³-hybridized carbons (Fsp3) is 0.588. The Morgan fingerprint density at radius 1 is 1.10 bits per heavy atom. The highest BCUT2D eigenvalue weighted by Gasteiger charge is 2.25. The summed E-state index contributed by atoms with van der Waals surface area (Å²) in [5.74, 6) is 2.81. The predicted molar refractivity (Wildman–Crippen MR) is 80.0 cm³/mol. The van der Waals surface area contributed by atoms with Gasteiger partial charge in [-0.05, 0) is 18.6 Å². The molecular weight excluding hydrogens is 250 g/mol. The molecule has 0 saturated carbocycles. The molecule has 3 heteroatoms. The van der Waals surface area contributed by atoms with Gasteiger partial charge in [0.05, 0.1) is 5.69 Å². The summed E-state index contributed by atoms with van der Waals surface area (Å²) in [5.41, 5.74) is 1.07. The van der Waals surface area contributed by atoms with Gasteiger partial charge in [-0.1, -0.05) is 34.6 Å². The van der Waals surface area contributed by atoms with Crippen molar-refractivity contribution >= 4 is 0 Å². The smallest absolute Gasteiger partial charge is 0.191 e. The predicted octanol–water partition coefficient (Wildman–Crippen LogP) is 4.78. The molecule has 2 aromatic rings. The number of aromatic nitrogens is 1. The quantitative estimate of drug-likeness (QED) is 0.805. The summed E-state index contributed by atoms with van der Waals surface area (Å²) >= 11 is 0. The Morgan fingerprint density at radius 3 is 2.30 bits per heavy atom. The first-order chi connectivity index (χ1) is 9.18. The first-order valence-corrected chi connectivity index (χ1v) is 7.20. The van der Waals surface area contributed by atoms with Crippen LogP contribution in [0.4, 0.5) is 0 Å². The Kier molecular flexibility index (Phi) is 3.81. The molecule has 0 unspecified atom stereocenters. The minimum Gasteiger partial charge on any atom is -0.466 e. The summed E-state index contributed by atoms with van der Waals surface area (Å²) in [6.45, 7) is 12.8. The summed E-state index contributed by atoms with van der Waals surface area (Å²) < 4.78 is 11.3. The highest BCUT2D eigenvalue weighted by Crippen LogP contribution is 2.30. The lowest BCUT2D eigenvalue weighted by atomic mass is 9.84. The third kappa shape index (κ3) is 3.33. The van der Waals surface area contributed by atoms with Crippen molar-refractivity contribution in [1.82, 2.24) is 4.98 Å². The number of furan rings is 1. The molecule has 0 bridgehead atoms. The Bertz CT molecular complexity index is 570. The van der Waals surface area contributed by atoms with Crippen molar-refractivity contribution in [3.05, 3.63) is 41.5 Å². The molecule has 0 spiro atoms. The number of hydrogen-bond acceptors (Lipinski definition) is 3. The van der Waals surface area contributed by atoms with Crippen LogP contribution in [0.5, 0.6) is 0 Å². The first kappa shape index (κ1) is 14.9. The number of rotatable bonds is 4. The van der Waals surface area contributed by atoms with E-state index in [-0.39, 0.29) is 10.8 Å². The Balaban J connectivity index is 2.03. The fourth-order valence-electron chi connectivity index (χ4n) is 2.15. The van der Waals surface area contributed by atoms with Crippen molar-refractivity contribution < 1.29 is 8.83 Å². The summed E-state index contributed by atoms with van der Waals surface area (Å²) in [4.78, 5) is 4.44. The van der Waals surface area contributed by atoms with Gasteiger partial charge < -0.3 is 8.83 Å². The molecule has 2 rings (SSSR count). The van der Waals surface area contributed by atoms with Gasteiger partial charge in [0.1, 0.15) is 17.8 Å². The van der Waals surface area contributed by atoms with E-state index in [0.29, 0.717) is 0 Å². The minimum absolute atomic E-state index is 0.00749. The van der Waals surface area contributed by atoms with Crippen LogP contribution in [0.15, 0.2) is 27.2 Å². The van der Waals surface area contributed by atoms with Crippen LogP contribution in [0, 0.1) is 6.92 Å². The van der Waals surface area contributed by atoms with Crippen molar-refractivity contribution in [2.24, 2.45) is 0 Å². The van der Waals surface area contributed by atoms with Gasteiger partial charge in [-0.25, -0.2) is 4.98 Å². The lowest BCUT2D eigenvalue weighted by Crippen LogP contribution is -2.18. The van der Waals surface area contributed by atoms with Crippen LogP contribution in [0.3, 0.4) is 0 Å². The minimum atomic E-state index is -0.00749. The van der Waals surface area contributed by atoms with E-state index in [9.17, 15) is 0 Å². The lowest BCUT2D eigenvalue weighted by Gasteiger charge is -2.21. The monoisotopic (exact) mass is 275 g/mol.